The summed E-state index contributed by atoms with van der Waals surface area (Å²) in [6.45, 7) is 1.94. The van der Waals surface area contributed by atoms with Crippen molar-refractivity contribution in [3.05, 3.63) is 53.8 Å². The van der Waals surface area contributed by atoms with Gasteiger partial charge in [-0.25, -0.2) is 9.18 Å². The van der Waals surface area contributed by atoms with E-state index in [0.717, 1.165) is 0 Å². The standard InChI is InChI=1S/C23H23FN4O5/c1-14(13-25)28(21(30)23(27-22(31)32)8-10-33-11-9-23)17-5-2-15(3-6-17)16-4-7-18(20(26)29)19(24)12-16/h2-7,12,14,27H,8-11H2,1H3,(H2,26,29)(H,31,32). The maximum absolute atomic E-state index is 14.1. The van der Waals surface area contributed by atoms with Gasteiger partial charge in [-0.1, -0.05) is 18.2 Å². The highest BCUT2D eigenvalue weighted by atomic mass is 19.1. The number of carboxylic acid groups (broad SMARTS) is 1. The number of nitrogens with one attached hydrogen (secondary N) is 1. The van der Waals surface area contributed by atoms with E-state index in [0.29, 0.717) is 16.8 Å². The van der Waals surface area contributed by atoms with Crippen LogP contribution in [0, 0.1) is 17.1 Å². The van der Waals surface area contributed by atoms with E-state index in [2.05, 4.69) is 5.32 Å². The van der Waals surface area contributed by atoms with Crippen LogP contribution in [0.2, 0.25) is 0 Å². The molecule has 1 unspecified atom stereocenters. The molecule has 172 valence electrons. The van der Waals surface area contributed by atoms with Gasteiger partial charge >= 0.3 is 6.09 Å². The minimum atomic E-state index is -1.42. The first-order valence-electron chi connectivity index (χ1n) is 10.2. The number of benzene rings is 2. The molecule has 1 aliphatic heterocycles. The number of ether oxygens (including phenoxy) is 1. The lowest BCUT2D eigenvalue weighted by molar-refractivity contribution is -0.128. The van der Waals surface area contributed by atoms with Gasteiger partial charge in [-0.15, -0.1) is 0 Å². The second-order valence-corrected chi connectivity index (χ2v) is 7.71. The van der Waals surface area contributed by atoms with Gasteiger partial charge in [0.2, 0.25) is 0 Å². The van der Waals surface area contributed by atoms with Crippen molar-refractivity contribution in [2.75, 3.05) is 18.1 Å². The third-order valence-electron chi connectivity index (χ3n) is 5.61. The van der Waals surface area contributed by atoms with Gasteiger partial charge in [0.1, 0.15) is 17.4 Å². The van der Waals surface area contributed by atoms with Crippen LogP contribution >= 0.6 is 0 Å². The Hall–Kier alpha value is -3.97. The number of rotatable bonds is 6. The number of carbonyl (C=O) groups excluding carboxylic acids is 2. The first-order valence-corrected chi connectivity index (χ1v) is 10.2. The molecule has 4 N–H and O–H groups in total. The molecule has 1 fully saturated rings. The first kappa shape index (κ1) is 23.7. The molecule has 10 heteroatoms. The molecule has 0 bridgehead atoms. The van der Waals surface area contributed by atoms with E-state index in [-0.39, 0.29) is 31.6 Å². The smallest absolute Gasteiger partial charge is 0.405 e. The second kappa shape index (κ2) is 9.67. The summed E-state index contributed by atoms with van der Waals surface area (Å²) in [6.07, 6.45) is -1.07. The largest absolute Gasteiger partial charge is 0.465 e. The van der Waals surface area contributed by atoms with Crippen LogP contribution in [0.5, 0.6) is 0 Å². The Morgan fingerprint density at radius 1 is 1.18 bits per heavy atom. The predicted octanol–water partition coefficient (Wildman–Crippen LogP) is 2.65. The Bertz CT molecular complexity index is 1110. The fraction of sp³-hybridized carbons (Fsp3) is 0.304. The van der Waals surface area contributed by atoms with Crippen molar-refractivity contribution in [3.63, 3.8) is 0 Å². The third-order valence-corrected chi connectivity index (χ3v) is 5.61. The lowest BCUT2D eigenvalue weighted by Crippen LogP contribution is -2.63. The fourth-order valence-corrected chi connectivity index (χ4v) is 3.83. The number of primary amides is 1. The molecule has 33 heavy (non-hydrogen) atoms. The van der Waals surface area contributed by atoms with Gasteiger partial charge in [-0.2, -0.15) is 5.26 Å². The molecule has 2 aromatic carbocycles. The minimum Gasteiger partial charge on any atom is -0.465 e. The molecule has 1 aliphatic rings. The number of amides is 3. The Labute approximate surface area is 189 Å². The SMILES string of the molecule is CC(C#N)N(C(=O)C1(NC(=O)O)CCOCC1)c1ccc(-c2ccc(C(N)=O)c(F)c2)cc1. The van der Waals surface area contributed by atoms with Crippen LogP contribution in [0.1, 0.15) is 30.1 Å². The van der Waals surface area contributed by atoms with Crippen LogP contribution in [0.4, 0.5) is 14.9 Å². The molecular formula is C23H23FN4O5. The van der Waals surface area contributed by atoms with E-state index in [9.17, 15) is 29.1 Å². The molecule has 0 radical (unpaired) electrons. The Kier molecular flexibility index (Phi) is 6.94. The predicted molar refractivity (Wildman–Crippen MR) is 117 cm³/mol. The normalized spacial score (nSPS) is 15.7. The molecule has 0 saturated carbocycles. The number of nitrogens with zero attached hydrogens (tertiary/aromatic N) is 2. The van der Waals surface area contributed by atoms with E-state index in [4.69, 9.17) is 10.5 Å². The van der Waals surface area contributed by atoms with Crippen LogP contribution in [-0.4, -0.2) is 47.8 Å². The number of halogens is 1. The van der Waals surface area contributed by atoms with E-state index >= 15 is 0 Å². The van der Waals surface area contributed by atoms with Gasteiger partial charge in [-0.05, 0) is 42.3 Å². The molecule has 1 heterocycles. The fourth-order valence-electron chi connectivity index (χ4n) is 3.83. The van der Waals surface area contributed by atoms with Crippen LogP contribution < -0.4 is 16.0 Å². The van der Waals surface area contributed by atoms with Gasteiger partial charge in [-0.3, -0.25) is 14.5 Å². The Morgan fingerprint density at radius 2 is 1.79 bits per heavy atom. The molecule has 0 aromatic heterocycles. The average molecular weight is 454 g/mol. The number of nitrogens with two attached hydrogens (primary N) is 1. The van der Waals surface area contributed by atoms with E-state index in [1.54, 1.807) is 30.3 Å². The molecule has 1 atom stereocenters. The van der Waals surface area contributed by atoms with Gasteiger partial charge in [0, 0.05) is 31.7 Å². The summed E-state index contributed by atoms with van der Waals surface area (Å²) in [5.74, 6) is -2.17. The molecular weight excluding hydrogens is 431 g/mol. The zero-order valence-electron chi connectivity index (χ0n) is 17.9. The lowest BCUT2D eigenvalue weighted by Gasteiger charge is -2.40. The highest BCUT2D eigenvalue weighted by Crippen LogP contribution is 2.30. The quantitative estimate of drug-likeness (QED) is 0.612. The van der Waals surface area contributed by atoms with Crippen LogP contribution in [0.25, 0.3) is 11.1 Å². The molecule has 3 rings (SSSR count). The van der Waals surface area contributed by atoms with Crippen molar-refractivity contribution >= 4 is 23.6 Å². The van der Waals surface area contributed by atoms with Crippen molar-refractivity contribution in [1.82, 2.24) is 5.32 Å². The number of carbonyl (C=O) groups is 3. The zero-order chi connectivity index (χ0) is 24.2. The van der Waals surface area contributed by atoms with Crippen LogP contribution in [0.3, 0.4) is 0 Å². The molecule has 3 amide bonds. The number of hydrogen-bond donors (Lipinski definition) is 3. The molecule has 2 aromatic rings. The molecule has 1 saturated heterocycles. The van der Waals surface area contributed by atoms with E-state index in [1.165, 1.54) is 24.0 Å². The van der Waals surface area contributed by atoms with Crippen molar-refractivity contribution in [1.29, 1.82) is 5.26 Å². The van der Waals surface area contributed by atoms with Crippen LogP contribution in [-0.2, 0) is 9.53 Å². The highest BCUT2D eigenvalue weighted by molar-refractivity contribution is 6.03. The van der Waals surface area contributed by atoms with Gasteiger partial charge in [0.25, 0.3) is 11.8 Å². The van der Waals surface area contributed by atoms with Crippen molar-refractivity contribution < 1.29 is 28.6 Å². The topological polar surface area (TPSA) is 146 Å². The number of nitriles is 1. The van der Waals surface area contributed by atoms with Gasteiger partial charge in [0.05, 0.1) is 11.6 Å². The summed E-state index contributed by atoms with van der Waals surface area (Å²) in [5.41, 5.74) is 4.98. The summed E-state index contributed by atoms with van der Waals surface area (Å²) in [7, 11) is 0. The van der Waals surface area contributed by atoms with E-state index < -0.39 is 35.3 Å². The summed E-state index contributed by atoms with van der Waals surface area (Å²) in [6, 6.07) is 11.6. The zero-order valence-corrected chi connectivity index (χ0v) is 17.9. The van der Waals surface area contributed by atoms with Crippen molar-refractivity contribution in [2.24, 2.45) is 5.73 Å². The van der Waals surface area contributed by atoms with Crippen molar-refractivity contribution in [2.45, 2.75) is 31.3 Å². The average Bonchev–Trinajstić information content (AvgIpc) is 2.79. The first-order chi connectivity index (χ1) is 15.7. The van der Waals surface area contributed by atoms with Crippen molar-refractivity contribution in [3.8, 4) is 17.2 Å². The second-order valence-electron chi connectivity index (χ2n) is 7.71. The Morgan fingerprint density at radius 3 is 2.30 bits per heavy atom. The van der Waals surface area contributed by atoms with Gasteiger partial charge in [0.15, 0.2) is 0 Å². The highest BCUT2D eigenvalue weighted by Gasteiger charge is 2.45. The summed E-state index contributed by atoms with van der Waals surface area (Å²) >= 11 is 0. The molecule has 0 aliphatic carbocycles. The monoisotopic (exact) mass is 454 g/mol. The maximum Gasteiger partial charge on any atom is 0.405 e. The molecule has 9 nitrogen and oxygen atoms in total. The maximum atomic E-state index is 14.1. The lowest BCUT2D eigenvalue weighted by atomic mass is 9.87. The van der Waals surface area contributed by atoms with Gasteiger partial charge < -0.3 is 20.9 Å². The number of hydrogen-bond acceptors (Lipinski definition) is 5. The summed E-state index contributed by atoms with van der Waals surface area (Å²) in [4.78, 5) is 37.5. The Balaban J connectivity index is 1.96. The number of anilines is 1. The van der Waals surface area contributed by atoms with E-state index in [1.807, 2.05) is 6.07 Å². The molecule has 0 spiro atoms. The van der Waals surface area contributed by atoms with Crippen LogP contribution in [0.15, 0.2) is 42.5 Å². The minimum absolute atomic E-state index is 0.135. The summed E-state index contributed by atoms with van der Waals surface area (Å²) in [5, 5.41) is 21.2. The third kappa shape index (κ3) is 4.94. The summed E-state index contributed by atoms with van der Waals surface area (Å²) < 4.78 is 19.4.